The number of amides is 1. The van der Waals surface area contributed by atoms with E-state index in [4.69, 9.17) is 32.8 Å². The molecule has 0 aliphatic rings. The molecule has 0 saturated carbocycles. The molecule has 1 amide bonds. The lowest BCUT2D eigenvalue weighted by Crippen LogP contribution is -2.31. The Kier molecular flexibility index (Phi) is 16.5. The molecule has 47 heavy (non-hydrogen) atoms. The van der Waals surface area contributed by atoms with Crippen LogP contribution in [-0.2, 0) is 9.63 Å². The Morgan fingerprint density at radius 3 is 2.34 bits per heavy atom. The number of aryl methyl sites for hydroxylation is 1. The molecule has 2 atom stereocenters. The molecule has 2 unspecified atom stereocenters. The van der Waals surface area contributed by atoms with E-state index in [-0.39, 0.29) is 17.2 Å². The second-order valence-electron chi connectivity index (χ2n) is 12.5. The van der Waals surface area contributed by atoms with Gasteiger partial charge in [-0.05, 0) is 104 Å². The Labute approximate surface area is 291 Å². The summed E-state index contributed by atoms with van der Waals surface area (Å²) in [5, 5.41) is 3.99. The third kappa shape index (κ3) is 12.3. The number of hydroxylamine groups is 1. The molecule has 0 heterocycles. The van der Waals surface area contributed by atoms with Crippen molar-refractivity contribution in [3.63, 3.8) is 0 Å². The second-order valence-corrected chi connectivity index (χ2v) is 13.4. The Hall–Kier alpha value is -3.32. The summed E-state index contributed by atoms with van der Waals surface area (Å²) in [6.45, 7) is 19.2. The van der Waals surface area contributed by atoms with Crippen LogP contribution in [0.25, 0.3) is 0 Å². The Bertz CT molecular complexity index is 1510. The van der Waals surface area contributed by atoms with E-state index in [9.17, 15) is 9.18 Å². The van der Waals surface area contributed by atoms with Crippen molar-refractivity contribution < 1.29 is 18.8 Å². The minimum absolute atomic E-state index is 0.0143. The molecule has 8 heteroatoms. The van der Waals surface area contributed by atoms with Crippen LogP contribution in [-0.4, -0.2) is 20.1 Å². The maximum Gasteiger partial charge on any atom is 0.211 e. The monoisotopic (exact) mass is 684 g/mol. The number of anilines is 1. The van der Waals surface area contributed by atoms with Gasteiger partial charge in [0.1, 0.15) is 11.6 Å². The molecule has 5 nitrogen and oxygen atoms in total. The van der Waals surface area contributed by atoms with Crippen molar-refractivity contribution in [2.75, 3.05) is 19.0 Å². The van der Waals surface area contributed by atoms with Crippen LogP contribution < -0.4 is 15.5 Å². The number of ether oxygens (including phenoxy) is 1. The lowest BCUT2D eigenvalue weighted by Gasteiger charge is -2.28. The molecule has 0 aliphatic heterocycles. The van der Waals surface area contributed by atoms with Gasteiger partial charge in [-0.2, -0.15) is 0 Å². The summed E-state index contributed by atoms with van der Waals surface area (Å²) in [5.74, 6) is 0.973. The first-order valence-electron chi connectivity index (χ1n) is 16.1. The standard InChI is InChI=1S/C21H32ClNO2.C18H19ClFNO/c1-8-9-15(2)12-16(3)19-13-18(22)10-11-20(19)25-14-21(5,6)17(4)23-24-7;1-3-4-15(17-10-14(20)7-5-12(17)2)16-8-6-13(19)9-18(16)21-11-22/h9-11,13,16,23H,4,8,12,14H2,1-3,5-7H3;5-11,15H,3-4H2,1-2H3,(H,21,22)/b15-9-;. The van der Waals surface area contributed by atoms with E-state index in [1.165, 1.54) is 11.6 Å². The lowest BCUT2D eigenvalue weighted by molar-refractivity contribution is -0.105. The quantitative estimate of drug-likeness (QED) is 0.0895. The first-order valence-corrected chi connectivity index (χ1v) is 16.8. The fraction of sp³-hybridized carbons (Fsp3) is 0.410. The molecule has 0 radical (unpaired) electrons. The van der Waals surface area contributed by atoms with Gasteiger partial charge >= 0.3 is 0 Å². The van der Waals surface area contributed by atoms with Crippen LogP contribution in [0.2, 0.25) is 10.0 Å². The predicted molar refractivity (Wildman–Crippen MR) is 196 cm³/mol. The minimum Gasteiger partial charge on any atom is -0.492 e. The number of carbonyl (C=O) groups excluding carboxylic acids is 1. The molecule has 256 valence electrons. The molecule has 0 fully saturated rings. The third-order valence-corrected chi connectivity index (χ3v) is 8.58. The number of hydrogen-bond acceptors (Lipinski definition) is 4. The van der Waals surface area contributed by atoms with Gasteiger partial charge in [0.2, 0.25) is 6.41 Å². The maximum absolute atomic E-state index is 13.7. The van der Waals surface area contributed by atoms with Crippen molar-refractivity contribution in [2.24, 2.45) is 5.41 Å². The van der Waals surface area contributed by atoms with Crippen molar-refractivity contribution in [1.82, 2.24) is 5.48 Å². The van der Waals surface area contributed by atoms with Crippen LogP contribution >= 0.6 is 23.2 Å². The number of nitrogens with one attached hydrogen (secondary N) is 2. The average molecular weight is 686 g/mol. The number of rotatable bonds is 16. The molecule has 0 spiro atoms. The molecule has 2 N–H and O–H groups in total. The Morgan fingerprint density at radius 2 is 1.70 bits per heavy atom. The summed E-state index contributed by atoms with van der Waals surface area (Å²) in [6.07, 6.45) is 6.76. The first kappa shape index (κ1) is 39.9. The summed E-state index contributed by atoms with van der Waals surface area (Å²) >= 11 is 12.3. The zero-order valence-electron chi connectivity index (χ0n) is 29.1. The van der Waals surface area contributed by atoms with Crippen molar-refractivity contribution in [3.05, 3.63) is 117 Å². The van der Waals surface area contributed by atoms with Gasteiger partial charge in [0.15, 0.2) is 0 Å². The van der Waals surface area contributed by atoms with Gasteiger partial charge in [-0.1, -0.05) is 94.6 Å². The van der Waals surface area contributed by atoms with Gasteiger partial charge in [-0.25, -0.2) is 4.39 Å². The second kappa shape index (κ2) is 19.5. The first-order chi connectivity index (χ1) is 22.3. The molecule has 0 bridgehead atoms. The highest BCUT2D eigenvalue weighted by Gasteiger charge is 2.25. The molecular weight excluding hydrogens is 634 g/mol. The van der Waals surface area contributed by atoms with Crippen LogP contribution in [0.1, 0.15) is 101 Å². The number of benzene rings is 3. The summed E-state index contributed by atoms with van der Waals surface area (Å²) in [6, 6.07) is 16.1. The van der Waals surface area contributed by atoms with E-state index in [1.807, 2.05) is 31.2 Å². The highest BCUT2D eigenvalue weighted by molar-refractivity contribution is 6.31. The highest BCUT2D eigenvalue weighted by Crippen LogP contribution is 2.37. The topological polar surface area (TPSA) is 59.6 Å². The van der Waals surface area contributed by atoms with Crippen molar-refractivity contribution in [3.8, 4) is 5.75 Å². The van der Waals surface area contributed by atoms with Crippen molar-refractivity contribution in [1.29, 1.82) is 0 Å². The summed E-state index contributed by atoms with van der Waals surface area (Å²) in [5.41, 5.74) is 9.44. The molecule has 3 rings (SSSR count). The summed E-state index contributed by atoms with van der Waals surface area (Å²) in [4.78, 5) is 15.8. The van der Waals surface area contributed by atoms with E-state index >= 15 is 0 Å². The number of hydrogen-bond donors (Lipinski definition) is 2. The van der Waals surface area contributed by atoms with Gasteiger partial charge in [-0.15, -0.1) is 0 Å². The fourth-order valence-electron chi connectivity index (χ4n) is 5.44. The molecule has 0 saturated heterocycles. The van der Waals surface area contributed by atoms with E-state index < -0.39 is 0 Å². The van der Waals surface area contributed by atoms with E-state index in [0.29, 0.717) is 29.6 Å². The largest absolute Gasteiger partial charge is 0.492 e. The highest BCUT2D eigenvalue weighted by atomic mass is 35.5. The van der Waals surface area contributed by atoms with Crippen LogP contribution in [0.3, 0.4) is 0 Å². The Morgan fingerprint density at radius 1 is 1.02 bits per heavy atom. The van der Waals surface area contributed by atoms with E-state index in [1.54, 1.807) is 31.4 Å². The van der Waals surface area contributed by atoms with Gasteiger partial charge in [0, 0.05) is 32.8 Å². The van der Waals surface area contributed by atoms with Crippen LogP contribution in [0.4, 0.5) is 10.1 Å². The van der Waals surface area contributed by atoms with Gasteiger partial charge < -0.3 is 10.1 Å². The van der Waals surface area contributed by atoms with Gasteiger partial charge in [0.05, 0.1) is 13.7 Å². The smallest absolute Gasteiger partial charge is 0.211 e. The van der Waals surface area contributed by atoms with Crippen LogP contribution in [0, 0.1) is 18.2 Å². The average Bonchev–Trinajstić information content (AvgIpc) is 3.01. The predicted octanol–water partition coefficient (Wildman–Crippen LogP) is 11.5. The zero-order chi connectivity index (χ0) is 35.1. The number of carbonyl (C=O) groups is 1. The van der Waals surface area contributed by atoms with Gasteiger partial charge in [0.25, 0.3) is 0 Å². The Balaban J connectivity index is 0.000000329. The van der Waals surface area contributed by atoms with Crippen molar-refractivity contribution >= 4 is 35.3 Å². The zero-order valence-corrected chi connectivity index (χ0v) is 30.6. The molecule has 3 aromatic carbocycles. The normalized spacial score (nSPS) is 12.8. The van der Waals surface area contributed by atoms with E-state index in [2.05, 4.69) is 65.0 Å². The molecular formula is C39H51Cl2FN2O3. The fourth-order valence-corrected chi connectivity index (χ4v) is 5.79. The molecule has 0 aliphatic carbocycles. The maximum atomic E-state index is 13.7. The number of halogens is 3. The van der Waals surface area contributed by atoms with Crippen molar-refractivity contribution in [2.45, 2.75) is 86.0 Å². The molecule has 0 aromatic heterocycles. The van der Waals surface area contributed by atoms with E-state index in [0.717, 1.165) is 64.4 Å². The number of allylic oxidation sites excluding steroid dienone is 2. The SMILES string of the molecule is C=C(NOC)C(C)(C)COc1ccc(Cl)cc1C(C)C/C(C)=C\CC.CCCC(c1cc(F)ccc1C)c1ccc(Cl)cc1NC=O. The van der Waals surface area contributed by atoms with Crippen LogP contribution in [0.15, 0.2) is 78.5 Å². The lowest BCUT2D eigenvalue weighted by atomic mass is 9.84. The molecule has 3 aromatic rings. The summed E-state index contributed by atoms with van der Waals surface area (Å²) < 4.78 is 19.8. The van der Waals surface area contributed by atoms with Crippen LogP contribution in [0.5, 0.6) is 5.75 Å². The third-order valence-electron chi connectivity index (χ3n) is 8.11. The van der Waals surface area contributed by atoms with Gasteiger partial charge in [-0.3, -0.25) is 15.1 Å². The summed E-state index contributed by atoms with van der Waals surface area (Å²) in [7, 11) is 1.58. The minimum atomic E-state index is -0.270.